The Bertz CT molecular complexity index is 885. The third kappa shape index (κ3) is 2.96. The molecule has 0 amide bonds. The quantitative estimate of drug-likeness (QED) is 0.531. The number of hydrogen-bond acceptors (Lipinski definition) is 8. The molecule has 0 bridgehead atoms. The predicted molar refractivity (Wildman–Crippen MR) is 75.4 cm³/mol. The van der Waals surface area contributed by atoms with E-state index in [1.165, 1.54) is 18.5 Å². The lowest BCUT2D eigenvalue weighted by molar-refractivity contribution is -0.385. The van der Waals surface area contributed by atoms with Crippen molar-refractivity contribution >= 4 is 5.69 Å². The van der Waals surface area contributed by atoms with E-state index in [4.69, 9.17) is 14.4 Å². The molecule has 3 aromatic rings. The Morgan fingerprint density at radius 1 is 1.22 bits per heavy atom. The van der Waals surface area contributed by atoms with Gasteiger partial charge in [-0.2, -0.15) is 10.2 Å². The van der Waals surface area contributed by atoms with E-state index in [-0.39, 0.29) is 17.3 Å². The summed E-state index contributed by atoms with van der Waals surface area (Å²) in [6.45, 7) is 0. The Hall–Kier alpha value is -3.80. The molecule has 0 aliphatic carbocycles. The van der Waals surface area contributed by atoms with Crippen molar-refractivity contribution in [3.8, 4) is 29.2 Å². The minimum absolute atomic E-state index is 0.0812. The summed E-state index contributed by atoms with van der Waals surface area (Å²) in [5.41, 5.74) is 0.0331. The summed E-state index contributed by atoms with van der Waals surface area (Å²) in [7, 11) is 0. The maximum atomic E-state index is 10.8. The van der Waals surface area contributed by atoms with Crippen molar-refractivity contribution in [1.82, 2.24) is 15.2 Å². The Labute approximate surface area is 128 Å². The van der Waals surface area contributed by atoms with Gasteiger partial charge in [0.1, 0.15) is 11.8 Å². The largest absolute Gasteiger partial charge is 0.439 e. The predicted octanol–water partition coefficient (Wildman–Crippen LogP) is 2.70. The van der Waals surface area contributed by atoms with Crippen LogP contribution in [0.1, 0.15) is 5.69 Å². The molecule has 0 spiro atoms. The molecule has 3 rings (SSSR count). The summed E-state index contributed by atoms with van der Waals surface area (Å²) in [6, 6.07) is 10.9. The Kier molecular flexibility index (Phi) is 3.63. The summed E-state index contributed by atoms with van der Waals surface area (Å²) < 4.78 is 10.5. The molecular formula is C14H7N5O4. The monoisotopic (exact) mass is 309 g/mol. The molecule has 0 aliphatic rings. The topological polar surface area (TPSA) is 128 Å². The fourth-order valence-electron chi connectivity index (χ4n) is 1.81. The van der Waals surface area contributed by atoms with Gasteiger partial charge in [0.2, 0.25) is 23.9 Å². The van der Waals surface area contributed by atoms with Gasteiger partial charge < -0.3 is 9.15 Å². The first kappa shape index (κ1) is 14.2. The third-order valence-corrected chi connectivity index (χ3v) is 2.83. The van der Waals surface area contributed by atoms with E-state index in [1.54, 1.807) is 30.3 Å². The molecular weight excluding hydrogens is 302 g/mol. The van der Waals surface area contributed by atoms with E-state index < -0.39 is 4.92 Å². The van der Waals surface area contributed by atoms with Gasteiger partial charge >= 0.3 is 5.69 Å². The van der Waals surface area contributed by atoms with Gasteiger partial charge in [-0.25, -0.2) is 0 Å². The second kappa shape index (κ2) is 5.90. The van der Waals surface area contributed by atoms with E-state index >= 15 is 0 Å². The molecule has 23 heavy (non-hydrogen) atoms. The minimum atomic E-state index is -0.672. The molecule has 9 heteroatoms. The van der Waals surface area contributed by atoms with Gasteiger partial charge in [-0.15, -0.1) is 10.2 Å². The Morgan fingerprint density at radius 2 is 2.00 bits per heavy atom. The van der Waals surface area contributed by atoms with Crippen LogP contribution in [-0.4, -0.2) is 20.1 Å². The summed E-state index contributed by atoms with van der Waals surface area (Å²) in [4.78, 5) is 13.9. The molecule has 0 N–H and O–H groups in total. The molecule has 0 radical (unpaired) electrons. The highest BCUT2D eigenvalue weighted by atomic mass is 16.6. The molecule has 0 aliphatic heterocycles. The van der Waals surface area contributed by atoms with Crippen LogP contribution in [0.3, 0.4) is 0 Å². The van der Waals surface area contributed by atoms with Gasteiger partial charge in [0.05, 0.1) is 4.92 Å². The van der Waals surface area contributed by atoms with Gasteiger partial charge in [-0.05, 0) is 24.3 Å². The van der Waals surface area contributed by atoms with E-state index in [0.717, 1.165) is 0 Å². The molecule has 1 aromatic carbocycles. The lowest BCUT2D eigenvalue weighted by atomic mass is 10.2. The van der Waals surface area contributed by atoms with Crippen molar-refractivity contribution in [3.05, 3.63) is 58.6 Å². The zero-order valence-electron chi connectivity index (χ0n) is 11.4. The smallest absolute Gasteiger partial charge is 0.305 e. The zero-order chi connectivity index (χ0) is 16.2. The normalized spacial score (nSPS) is 10.0. The molecule has 0 fully saturated rings. The number of nitrogens with zero attached hydrogens (tertiary/aromatic N) is 5. The fourth-order valence-corrected chi connectivity index (χ4v) is 1.81. The average molecular weight is 309 g/mol. The van der Waals surface area contributed by atoms with E-state index in [0.29, 0.717) is 17.2 Å². The molecule has 112 valence electrons. The van der Waals surface area contributed by atoms with Crippen molar-refractivity contribution in [2.24, 2.45) is 0 Å². The van der Waals surface area contributed by atoms with Crippen molar-refractivity contribution < 1.29 is 14.1 Å². The summed E-state index contributed by atoms with van der Waals surface area (Å²) in [6.07, 6.45) is 1.23. The highest BCUT2D eigenvalue weighted by Crippen LogP contribution is 2.26. The molecule has 2 aromatic heterocycles. The molecule has 0 atom stereocenters. The zero-order valence-corrected chi connectivity index (χ0v) is 11.4. The van der Waals surface area contributed by atoms with Crippen molar-refractivity contribution in [3.63, 3.8) is 0 Å². The number of benzene rings is 1. The third-order valence-electron chi connectivity index (χ3n) is 2.83. The highest BCUT2D eigenvalue weighted by Gasteiger charge is 2.16. The van der Waals surface area contributed by atoms with Crippen LogP contribution < -0.4 is 4.74 Å². The lowest BCUT2D eigenvalue weighted by Gasteiger charge is -2.05. The molecule has 9 nitrogen and oxygen atoms in total. The number of nitriles is 1. The molecule has 0 saturated carbocycles. The van der Waals surface area contributed by atoms with Crippen molar-refractivity contribution in [2.75, 3.05) is 0 Å². The number of aromatic nitrogens is 3. The number of pyridine rings is 1. The standard InChI is InChI=1S/C14H7N5O4/c15-7-11-12(19(20)21)5-6-13(17-11)23-10-3-1-9(2-4-10)14-18-16-8-22-14/h1-6,8H. The van der Waals surface area contributed by atoms with Crippen LogP contribution in [-0.2, 0) is 0 Å². The molecule has 0 saturated heterocycles. The van der Waals surface area contributed by atoms with Crippen LogP contribution in [0, 0.1) is 21.4 Å². The second-order valence-electron chi connectivity index (χ2n) is 4.26. The first-order chi connectivity index (χ1) is 11.2. The van der Waals surface area contributed by atoms with Crippen LogP contribution in [0.15, 0.2) is 47.2 Å². The maximum Gasteiger partial charge on any atom is 0.305 e. The van der Waals surface area contributed by atoms with Gasteiger partial charge in [-0.3, -0.25) is 10.1 Å². The molecule has 0 unspecified atom stereocenters. The first-order valence-corrected chi connectivity index (χ1v) is 6.27. The minimum Gasteiger partial charge on any atom is -0.439 e. The number of hydrogen-bond donors (Lipinski definition) is 0. The van der Waals surface area contributed by atoms with Gasteiger partial charge in [0, 0.05) is 17.7 Å². The molecule has 2 heterocycles. The van der Waals surface area contributed by atoms with Crippen LogP contribution in [0.25, 0.3) is 11.5 Å². The number of nitro groups is 1. The van der Waals surface area contributed by atoms with Crippen molar-refractivity contribution in [2.45, 2.75) is 0 Å². The van der Waals surface area contributed by atoms with Crippen LogP contribution in [0.4, 0.5) is 5.69 Å². The van der Waals surface area contributed by atoms with Gasteiger partial charge in [0.25, 0.3) is 0 Å². The van der Waals surface area contributed by atoms with Crippen LogP contribution in [0.2, 0.25) is 0 Å². The summed E-state index contributed by atoms with van der Waals surface area (Å²) >= 11 is 0. The van der Waals surface area contributed by atoms with Gasteiger partial charge in [-0.1, -0.05) is 0 Å². The Morgan fingerprint density at radius 3 is 2.61 bits per heavy atom. The number of rotatable bonds is 4. The Balaban J connectivity index is 1.82. The number of ether oxygens (including phenoxy) is 1. The average Bonchev–Trinajstić information content (AvgIpc) is 3.09. The van der Waals surface area contributed by atoms with E-state index in [1.807, 2.05) is 0 Å². The van der Waals surface area contributed by atoms with E-state index in [9.17, 15) is 10.1 Å². The second-order valence-corrected chi connectivity index (χ2v) is 4.26. The lowest BCUT2D eigenvalue weighted by Crippen LogP contribution is -1.97. The fraction of sp³-hybridized carbons (Fsp3) is 0. The van der Waals surface area contributed by atoms with Gasteiger partial charge in [0.15, 0.2) is 0 Å². The van der Waals surface area contributed by atoms with Crippen molar-refractivity contribution in [1.29, 1.82) is 5.26 Å². The van der Waals surface area contributed by atoms with Crippen LogP contribution >= 0.6 is 0 Å². The van der Waals surface area contributed by atoms with Crippen LogP contribution in [0.5, 0.6) is 11.6 Å². The summed E-state index contributed by atoms with van der Waals surface area (Å²) in [5.74, 6) is 0.896. The maximum absolute atomic E-state index is 10.8. The first-order valence-electron chi connectivity index (χ1n) is 6.27. The SMILES string of the molecule is N#Cc1nc(Oc2ccc(-c3nnco3)cc2)ccc1[N+](=O)[O-]. The van der Waals surface area contributed by atoms with E-state index in [2.05, 4.69) is 15.2 Å². The summed E-state index contributed by atoms with van der Waals surface area (Å²) in [5, 5.41) is 27.0. The highest BCUT2D eigenvalue weighted by molar-refractivity contribution is 5.54.